The van der Waals surface area contributed by atoms with Gasteiger partial charge in [-0.3, -0.25) is 4.98 Å². The molecule has 1 aliphatic rings. The number of nitrogens with zero attached hydrogens (tertiary/aromatic N) is 2. The lowest BCUT2D eigenvalue weighted by Crippen LogP contribution is -2.33. The van der Waals surface area contributed by atoms with Crippen LogP contribution in [-0.2, 0) is 24.0 Å². The molecule has 0 atom stereocenters. The summed E-state index contributed by atoms with van der Waals surface area (Å²) in [5.41, 5.74) is 4.91. The third kappa shape index (κ3) is 2.65. The first-order valence-electron chi connectivity index (χ1n) is 8.05. The molecule has 0 bridgehead atoms. The molecule has 1 amide bonds. The molecule has 0 spiro atoms. The Hall–Kier alpha value is -2.10. The fourth-order valence-corrected chi connectivity index (χ4v) is 3.28. The molecule has 4 nitrogen and oxygen atoms in total. The van der Waals surface area contributed by atoms with Crippen molar-refractivity contribution in [3.8, 4) is 0 Å². The standard InChI is InChI=1S/C18H22N2O2/c1-3-13-14-7-5-6-8-16(14)19-17-10-12-20(11-9-15(13)17)18(21)22-4-2/h5-8H,3-4,9-12H2,1-2H3. The van der Waals surface area contributed by atoms with Gasteiger partial charge in [0, 0.05) is 30.6 Å². The molecule has 0 fully saturated rings. The van der Waals surface area contributed by atoms with Crippen LogP contribution in [-0.4, -0.2) is 35.7 Å². The number of fused-ring (bicyclic) bond motifs is 2. The Morgan fingerprint density at radius 2 is 2.00 bits per heavy atom. The van der Waals surface area contributed by atoms with Crippen LogP contribution in [0.3, 0.4) is 0 Å². The molecule has 0 saturated carbocycles. The van der Waals surface area contributed by atoms with Gasteiger partial charge < -0.3 is 9.64 Å². The lowest BCUT2D eigenvalue weighted by molar-refractivity contribution is 0.109. The van der Waals surface area contributed by atoms with Crippen LogP contribution in [0.5, 0.6) is 0 Å². The fraction of sp³-hybridized carbons (Fsp3) is 0.444. The number of para-hydroxylation sites is 1. The van der Waals surface area contributed by atoms with Crippen molar-refractivity contribution in [3.05, 3.63) is 41.1 Å². The van der Waals surface area contributed by atoms with E-state index in [2.05, 4.69) is 25.1 Å². The van der Waals surface area contributed by atoms with Crippen molar-refractivity contribution >= 4 is 17.0 Å². The smallest absolute Gasteiger partial charge is 0.409 e. The topological polar surface area (TPSA) is 42.4 Å². The molecule has 2 aromatic rings. The molecule has 1 aromatic carbocycles. The SMILES string of the molecule is CCOC(=O)N1CCc2nc3ccccc3c(CC)c2CC1. The lowest BCUT2D eigenvalue weighted by atomic mass is 9.96. The number of rotatable bonds is 2. The van der Waals surface area contributed by atoms with Crippen LogP contribution in [0.2, 0.25) is 0 Å². The number of amides is 1. The Balaban J connectivity index is 1.98. The molecule has 0 saturated heterocycles. The first-order valence-corrected chi connectivity index (χ1v) is 8.05. The number of aromatic nitrogens is 1. The fourth-order valence-electron chi connectivity index (χ4n) is 3.28. The number of hydrogen-bond acceptors (Lipinski definition) is 3. The maximum Gasteiger partial charge on any atom is 0.409 e. The van der Waals surface area contributed by atoms with Gasteiger partial charge in [0.15, 0.2) is 0 Å². The summed E-state index contributed by atoms with van der Waals surface area (Å²) in [6, 6.07) is 8.32. The molecule has 22 heavy (non-hydrogen) atoms. The van der Waals surface area contributed by atoms with Crippen LogP contribution in [0.25, 0.3) is 10.9 Å². The Bertz CT molecular complexity index is 697. The molecule has 0 N–H and O–H groups in total. The van der Waals surface area contributed by atoms with E-state index in [4.69, 9.17) is 9.72 Å². The molecule has 116 valence electrons. The van der Waals surface area contributed by atoms with Gasteiger partial charge in [0.2, 0.25) is 0 Å². The number of aryl methyl sites for hydroxylation is 1. The molecule has 4 heteroatoms. The Kier molecular flexibility index (Phi) is 4.27. The van der Waals surface area contributed by atoms with Gasteiger partial charge in [-0.15, -0.1) is 0 Å². The largest absolute Gasteiger partial charge is 0.450 e. The summed E-state index contributed by atoms with van der Waals surface area (Å²) in [6.45, 7) is 5.84. The van der Waals surface area contributed by atoms with Crippen molar-refractivity contribution in [1.29, 1.82) is 0 Å². The van der Waals surface area contributed by atoms with E-state index in [1.165, 1.54) is 16.5 Å². The van der Waals surface area contributed by atoms with E-state index in [0.717, 1.165) is 30.5 Å². The minimum atomic E-state index is -0.210. The van der Waals surface area contributed by atoms with Gasteiger partial charge in [0.1, 0.15) is 0 Å². The van der Waals surface area contributed by atoms with Crippen LogP contribution in [0.15, 0.2) is 24.3 Å². The van der Waals surface area contributed by atoms with Crippen LogP contribution < -0.4 is 0 Å². The summed E-state index contributed by atoms with van der Waals surface area (Å²) in [4.78, 5) is 18.6. The van der Waals surface area contributed by atoms with Gasteiger partial charge in [-0.25, -0.2) is 4.79 Å². The number of benzene rings is 1. The molecule has 2 heterocycles. The molecule has 1 aliphatic heterocycles. The zero-order chi connectivity index (χ0) is 15.5. The number of pyridine rings is 1. The van der Waals surface area contributed by atoms with Crippen LogP contribution in [0, 0.1) is 0 Å². The highest BCUT2D eigenvalue weighted by atomic mass is 16.6. The van der Waals surface area contributed by atoms with E-state index < -0.39 is 0 Å². The molecule has 0 unspecified atom stereocenters. The van der Waals surface area contributed by atoms with E-state index in [1.54, 1.807) is 4.90 Å². The number of ether oxygens (including phenoxy) is 1. The van der Waals surface area contributed by atoms with E-state index >= 15 is 0 Å². The zero-order valence-corrected chi connectivity index (χ0v) is 13.3. The van der Waals surface area contributed by atoms with E-state index in [0.29, 0.717) is 19.7 Å². The second-order valence-corrected chi connectivity index (χ2v) is 5.57. The average Bonchev–Trinajstić information content (AvgIpc) is 2.75. The van der Waals surface area contributed by atoms with Crippen molar-refractivity contribution < 1.29 is 9.53 Å². The Labute approximate surface area is 131 Å². The third-order valence-corrected chi connectivity index (χ3v) is 4.33. The summed E-state index contributed by atoms with van der Waals surface area (Å²) < 4.78 is 5.14. The minimum Gasteiger partial charge on any atom is -0.450 e. The maximum absolute atomic E-state index is 12.0. The van der Waals surface area contributed by atoms with Gasteiger partial charge in [-0.1, -0.05) is 25.1 Å². The van der Waals surface area contributed by atoms with Crippen molar-refractivity contribution in [3.63, 3.8) is 0 Å². The van der Waals surface area contributed by atoms with E-state index in [9.17, 15) is 4.79 Å². The second-order valence-electron chi connectivity index (χ2n) is 5.57. The third-order valence-electron chi connectivity index (χ3n) is 4.33. The highest BCUT2D eigenvalue weighted by Crippen LogP contribution is 2.27. The first-order chi connectivity index (χ1) is 10.7. The quantitative estimate of drug-likeness (QED) is 0.854. The minimum absolute atomic E-state index is 0.210. The van der Waals surface area contributed by atoms with Crippen molar-refractivity contribution in [2.24, 2.45) is 0 Å². The molecule has 0 aliphatic carbocycles. The average molecular weight is 298 g/mol. The first kappa shape index (κ1) is 14.8. The molecule has 1 aromatic heterocycles. The molecule has 0 radical (unpaired) electrons. The zero-order valence-electron chi connectivity index (χ0n) is 13.3. The van der Waals surface area contributed by atoms with Gasteiger partial charge in [0.25, 0.3) is 0 Å². The molecular formula is C18H22N2O2. The molecule has 3 rings (SSSR count). The predicted octanol–water partition coefficient (Wildman–Crippen LogP) is 3.35. The summed E-state index contributed by atoms with van der Waals surface area (Å²) in [6.07, 6.45) is 2.43. The van der Waals surface area contributed by atoms with Gasteiger partial charge >= 0.3 is 6.09 Å². The Morgan fingerprint density at radius 1 is 1.23 bits per heavy atom. The van der Waals surface area contributed by atoms with Gasteiger partial charge in [-0.05, 0) is 37.0 Å². The van der Waals surface area contributed by atoms with Gasteiger partial charge in [0.05, 0.1) is 12.1 Å². The normalized spacial score (nSPS) is 14.5. The van der Waals surface area contributed by atoms with Crippen LogP contribution >= 0.6 is 0 Å². The summed E-state index contributed by atoms with van der Waals surface area (Å²) >= 11 is 0. The lowest BCUT2D eigenvalue weighted by Gasteiger charge is -2.18. The second kappa shape index (κ2) is 6.34. The van der Waals surface area contributed by atoms with Gasteiger partial charge in [-0.2, -0.15) is 0 Å². The van der Waals surface area contributed by atoms with Crippen molar-refractivity contribution in [2.45, 2.75) is 33.1 Å². The number of carbonyl (C=O) groups excluding carboxylic acids is 1. The monoisotopic (exact) mass is 298 g/mol. The van der Waals surface area contributed by atoms with Crippen molar-refractivity contribution in [2.75, 3.05) is 19.7 Å². The van der Waals surface area contributed by atoms with Crippen LogP contribution in [0.1, 0.15) is 30.7 Å². The summed E-state index contributed by atoms with van der Waals surface area (Å²) in [7, 11) is 0. The molecular weight excluding hydrogens is 276 g/mol. The summed E-state index contributed by atoms with van der Waals surface area (Å²) in [5.74, 6) is 0. The maximum atomic E-state index is 12.0. The number of carbonyl (C=O) groups is 1. The van der Waals surface area contributed by atoms with E-state index in [1.807, 2.05) is 13.0 Å². The van der Waals surface area contributed by atoms with Crippen molar-refractivity contribution in [1.82, 2.24) is 9.88 Å². The number of hydrogen-bond donors (Lipinski definition) is 0. The highest BCUT2D eigenvalue weighted by molar-refractivity contribution is 5.83. The van der Waals surface area contributed by atoms with E-state index in [-0.39, 0.29) is 6.09 Å². The highest BCUT2D eigenvalue weighted by Gasteiger charge is 2.22. The Morgan fingerprint density at radius 3 is 2.77 bits per heavy atom. The van der Waals surface area contributed by atoms with Crippen LogP contribution in [0.4, 0.5) is 4.79 Å². The summed E-state index contributed by atoms with van der Waals surface area (Å²) in [5, 5.41) is 1.24. The predicted molar refractivity (Wildman–Crippen MR) is 87.1 cm³/mol.